The largest absolute Gasteiger partial charge is 0.321 e. The third-order valence-electron chi connectivity index (χ3n) is 1.80. The molecule has 74 valence electrons. The molecule has 0 saturated carbocycles. The van der Waals surface area contributed by atoms with Gasteiger partial charge in [0.15, 0.2) is 11.6 Å². The summed E-state index contributed by atoms with van der Waals surface area (Å²) in [5.74, 6) is -1.07. The smallest absolute Gasteiger partial charge is 0.182 e. The third kappa shape index (κ3) is 2.23. The molecule has 0 aliphatic heterocycles. The van der Waals surface area contributed by atoms with E-state index in [2.05, 4.69) is 11.6 Å². The lowest BCUT2D eigenvalue weighted by Crippen LogP contribution is -2.30. The fraction of sp³-hybridized carbons (Fsp3) is 0.200. The molecule has 2 N–H and O–H groups in total. The van der Waals surface area contributed by atoms with E-state index in [-0.39, 0.29) is 5.56 Å². The van der Waals surface area contributed by atoms with E-state index in [1.54, 1.807) is 0 Å². The molecule has 1 aromatic heterocycles. The van der Waals surface area contributed by atoms with Crippen LogP contribution in [-0.4, -0.2) is 16.8 Å². The maximum atomic E-state index is 13.1. The van der Waals surface area contributed by atoms with Crippen molar-refractivity contribution in [1.29, 1.82) is 0 Å². The highest BCUT2D eigenvalue weighted by Crippen LogP contribution is 2.08. The molecule has 0 amide bonds. The van der Waals surface area contributed by atoms with Gasteiger partial charge in [-0.2, -0.15) is 0 Å². The Morgan fingerprint density at radius 3 is 3.07 bits per heavy atom. The summed E-state index contributed by atoms with van der Waals surface area (Å²) in [4.78, 5) is 15.1. The molecule has 1 rings (SSSR count). The SMILES string of the molecule is C=CCC(N)C(=O)c1ccncc1F. The summed E-state index contributed by atoms with van der Waals surface area (Å²) in [5.41, 5.74) is 5.50. The molecule has 0 spiro atoms. The number of carbonyl (C=O) groups excluding carboxylic acids is 1. The van der Waals surface area contributed by atoms with Gasteiger partial charge in [0.2, 0.25) is 0 Å². The van der Waals surface area contributed by atoms with Crippen molar-refractivity contribution >= 4 is 5.78 Å². The number of pyridine rings is 1. The maximum absolute atomic E-state index is 13.1. The second-order valence-electron chi connectivity index (χ2n) is 2.85. The lowest BCUT2D eigenvalue weighted by molar-refractivity contribution is 0.0958. The summed E-state index contributed by atoms with van der Waals surface area (Å²) in [6.45, 7) is 3.46. The molecule has 0 fully saturated rings. The minimum atomic E-state index is -0.732. The fourth-order valence-corrected chi connectivity index (χ4v) is 1.06. The van der Waals surface area contributed by atoms with E-state index in [4.69, 9.17) is 5.73 Å². The predicted octanol–water partition coefficient (Wildman–Crippen LogP) is 1.31. The number of Topliss-reactive ketones (excluding diaryl/α,β-unsaturated/α-hetero) is 1. The molecule has 0 radical (unpaired) electrons. The van der Waals surface area contributed by atoms with Crippen molar-refractivity contribution in [2.24, 2.45) is 5.73 Å². The number of carbonyl (C=O) groups is 1. The second-order valence-corrected chi connectivity index (χ2v) is 2.85. The Kier molecular flexibility index (Phi) is 3.48. The molecular formula is C10H11FN2O. The van der Waals surface area contributed by atoms with Gasteiger partial charge in [-0.05, 0) is 12.5 Å². The first-order chi connectivity index (χ1) is 6.66. The van der Waals surface area contributed by atoms with Crippen LogP contribution in [0.15, 0.2) is 31.1 Å². The molecule has 0 aliphatic rings. The molecule has 14 heavy (non-hydrogen) atoms. The Labute approximate surface area is 81.5 Å². The Bertz CT molecular complexity index is 352. The quantitative estimate of drug-likeness (QED) is 0.580. The number of hydrogen-bond donors (Lipinski definition) is 1. The van der Waals surface area contributed by atoms with Crippen LogP contribution in [0.3, 0.4) is 0 Å². The summed E-state index contributed by atoms with van der Waals surface area (Å²) >= 11 is 0. The predicted molar refractivity (Wildman–Crippen MR) is 51.3 cm³/mol. The number of rotatable bonds is 4. The van der Waals surface area contributed by atoms with Crippen LogP contribution in [0.5, 0.6) is 0 Å². The zero-order chi connectivity index (χ0) is 10.6. The first-order valence-electron chi connectivity index (χ1n) is 4.17. The third-order valence-corrected chi connectivity index (χ3v) is 1.80. The summed E-state index contributed by atoms with van der Waals surface area (Å²) in [6, 6.07) is 0.588. The highest BCUT2D eigenvalue weighted by atomic mass is 19.1. The van der Waals surface area contributed by atoms with Crippen molar-refractivity contribution < 1.29 is 9.18 Å². The summed E-state index contributed by atoms with van der Waals surface area (Å²) in [6.07, 6.45) is 4.22. The lowest BCUT2D eigenvalue weighted by atomic mass is 10.0. The van der Waals surface area contributed by atoms with E-state index in [1.807, 2.05) is 0 Å². The van der Waals surface area contributed by atoms with Gasteiger partial charge in [-0.1, -0.05) is 6.08 Å². The summed E-state index contributed by atoms with van der Waals surface area (Å²) < 4.78 is 13.1. The Morgan fingerprint density at radius 1 is 1.79 bits per heavy atom. The van der Waals surface area contributed by atoms with Gasteiger partial charge in [0.1, 0.15) is 0 Å². The van der Waals surface area contributed by atoms with Gasteiger partial charge in [0, 0.05) is 6.20 Å². The Hall–Kier alpha value is -1.55. The van der Waals surface area contributed by atoms with Crippen molar-refractivity contribution in [3.63, 3.8) is 0 Å². The molecule has 0 bridgehead atoms. The first kappa shape index (κ1) is 10.5. The normalized spacial score (nSPS) is 12.1. The minimum absolute atomic E-state index is 0.0191. The zero-order valence-corrected chi connectivity index (χ0v) is 7.61. The van der Waals surface area contributed by atoms with Crippen molar-refractivity contribution in [2.45, 2.75) is 12.5 Å². The molecular weight excluding hydrogens is 183 g/mol. The number of halogens is 1. The van der Waals surface area contributed by atoms with Gasteiger partial charge in [0.05, 0.1) is 17.8 Å². The molecule has 1 aromatic rings. The zero-order valence-electron chi connectivity index (χ0n) is 7.61. The van der Waals surface area contributed by atoms with E-state index in [9.17, 15) is 9.18 Å². The van der Waals surface area contributed by atoms with Crippen LogP contribution in [-0.2, 0) is 0 Å². The number of hydrogen-bond acceptors (Lipinski definition) is 3. The summed E-state index contributed by atoms with van der Waals surface area (Å²) in [5, 5.41) is 0. The molecule has 0 saturated heterocycles. The van der Waals surface area contributed by atoms with Crippen LogP contribution >= 0.6 is 0 Å². The Balaban J connectivity index is 2.89. The molecule has 1 heterocycles. The highest BCUT2D eigenvalue weighted by molar-refractivity contribution is 6.00. The van der Waals surface area contributed by atoms with E-state index in [0.717, 1.165) is 6.20 Å². The molecule has 1 unspecified atom stereocenters. The number of nitrogens with two attached hydrogens (primary N) is 1. The van der Waals surface area contributed by atoms with Crippen LogP contribution in [0.1, 0.15) is 16.8 Å². The molecule has 4 heteroatoms. The van der Waals surface area contributed by atoms with Gasteiger partial charge in [0.25, 0.3) is 0 Å². The average Bonchev–Trinajstić information content (AvgIpc) is 2.18. The molecule has 1 atom stereocenters. The van der Waals surface area contributed by atoms with Gasteiger partial charge < -0.3 is 5.73 Å². The van der Waals surface area contributed by atoms with E-state index >= 15 is 0 Å². The summed E-state index contributed by atoms with van der Waals surface area (Å²) in [7, 11) is 0. The van der Waals surface area contributed by atoms with Crippen LogP contribution < -0.4 is 5.73 Å². The van der Waals surface area contributed by atoms with Crippen LogP contribution in [0, 0.1) is 5.82 Å². The first-order valence-corrected chi connectivity index (χ1v) is 4.17. The highest BCUT2D eigenvalue weighted by Gasteiger charge is 2.17. The van der Waals surface area contributed by atoms with Crippen LogP contribution in [0.2, 0.25) is 0 Å². The standard InChI is InChI=1S/C10H11FN2O/c1-2-3-9(12)10(14)7-4-5-13-6-8(7)11/h2,4-6,9H,1,3,12H2. The monoisotopic (exact) mass is 194 g/mol. The van der Waals surface area contributed by atoms with Gasteiger partial charge in [-0.15, -0.1) is 6.58 Å². The minimum Gasteiger partial charge on any atom is -0.321 e. The fourth-order valence-electron chi connectivity index (χ4n) is 1.06. The number of aromatic nitrogens is 1. The number of ketones is 1. The van der Waals surface area contributed by atoms with Gasteiger partial charge in [-0.3, -0.25) is 9.78 Å². The molecule has 3 nitrogen and oxygen atoms in total. The topological polar surface area (TPSA) is 56.0 Å². The van der Waals surface area contributed by atoms with E-state index in [0.29, 0.717) is 6.42 Å². The maximum Gasteiger partial charge on any atom is 0.182 e. The Morgan fingerprint density at radius 2 is 2.50 bits per heavy atom. The van der Waals surface area contributed by atoms with Gasteiger partial charge >= 0.3 is 0 Å². The van der Waals surface area contributed by atoms with Crippen molar-refractivity contribution in [2.75, 3.05) is 0 Å². The van der Waals surface area contributed by atoms with Crippen LogP contribution in [0.4, 0.5) is 4.39 Å². The average molecular weight is 194 g/mol. The van der Waals surface area contributed by atoms with Gasteiger partial charge in [-0.25, -0.2) is 4.39 Å². The molecule has 0 aliphatic carbocycles. The van der Waals surface area contributed by atoms with Crippen LogP contribution in [0.25, 0.3) is 0 Å². The second kappa shape index (κ2) is 4.62. The van der Waals surface area contributed by atoms with E-state index in [1.165, 1.54) is 18.3 Å². The van der Waals surface area contributed by atoms with E-state index < -0.39 is 17.6 Å². The van der Waals surface area contributed by atoms with Crippen molar-refractivity contribution in [3.8, 4) is 0 Å². The lowest BCUT2D eigenvalue weighted by Gasteiger charge is -2.07. The number of nitrogens with zero attached hydrogens (tertiary/aromatic N) is 1. The van der Waals surface area contributed by atoms with Crippen molar-refractivity contribution in [3.05, 3.63) is 42.5 Å². The van der Waals surface area contributed by atoms with Crippen molar-refractivity contribution in [1.82, 2.24) is 4.98 Å². The molecule has 0 aromatic carbocycles.